The molecule has 2 unspecified atom stereocenters. The number of benzene rings is 1. The van der Waals surface area contributed by atoms with Crippen LogP contribution in [0.4, 0.5) is 0 Å². The molecule has 1 aromatic carbocycles. The van der Waals surface area contributed by atoms with Crippen LogP contribution in [0.5, 0.6) is 5.75 Å². The van der Waals surface area contributed by atoms with Gasteiger partial charge in [0.15, 0.2) is 0 Å². The zero-order chi connectivity index (χ0) is 14.5. The van der Waals surface area contributed by atoms with Crippen LogP contribution in [0.3, 0.4) is 0 Å². The Kier molecular flexibility index (Phi) is 5.44. The number of hydrogen-bond acceptors (Lipinski definition) is 3. The summed E-state index contributed by atoms with van der Waals surface area (Å²) >= 11 is 0. The molecule has 2 rings (SSSR count). The fourth-order valence-electron chi connectivity index (χ4n) is 2.91. The first kappa shape index (κ1) is 15.3. The van der Waals surface area contributed by atoms with E-state index in [0.717, 1.165) is 25.2 Å². The van der Waals surface area contributed by atoms with E-state index in [4.69, 9.17) is 9.47 Å². The normalized spacial score (nSPS) is 24.6. The second-order valence-corrected chi connectivity index (χ2v) is 6.00. The van der Waals surface area contributed by atoms with Crippen molar-refractivity contribution < 1.29 is 9.47 Å². The molecule has 0 saturated carbocycles. The van der Waals surface area contributed by atoms with Gasteiger partial charge in [-0.1, -0.05) is 32.0 Å². The molecule has 3 nitrogen and oxygen atoms in total. The Morgan fingerprint density at radius 1 is 1.25 bits per heavy atom. The van der Waals surface area contributed by atoms with Crippen molar-refractivity contribution in [3.8, 4) is 5.75 Å². The maximum atomic E-state index is 5.84. The molecule has 1 aromatic rings. The van der Waals surface area contributed by atoms with Crippen molar-refractivity contribution in [2.45, 2.75) is 51.8 Å². The van der Waals surface area contributed by atoms with Crippen molar-refractivity contribution in [3.05, 3.63) is 29.8 Å². The number of methoxy groups -OCH3 is 1. The molecular weight excluding hydrogens is 250 g/mol. The molecule has 3 atom stereocenters. The van der Waals surface area contributed by atoms with Gasteiger partial charge in [-0.2, -0.15) is 0 Å². The van der Waals surface area contributed by atoms with Gasteiger partial charge in [0, 0.05) is 24.3 Å². The van der Waals surface area contributed by atoms with E-state index in [-0.39, 0.29) is 0 Å². The predicted molar refractivity (Wildman–Crippen MR) is 82.1 cm³/mol. The highest BCUT2D eigenvalue weighted by atomic mass is 16.5. The van der Waals surface area contributed by atoms with E-state index in [9.17, 15) is 0 Å². The van der Waals surface area contributed by atoms with Gasteiger partial charge in [-0.15, -0.1) is 0 Å². The van der Waals surface area contributed by atoms with Gasteiger partial charge in [0.25, 0.3) is 0 Å². The van der Waals surface area contributed by atoms with Gasteiger partial charge in [-0.25, -0.2) is 0 Å². The van der Waals surface area contributed by atoms with Gasteiger partial charge in [0.05, 0.1) is 13.2 Å². The number of nitrogens with one attached hydrogen (secondary N) is 1. The first-order valence-electron chi connectivity index (χ1n) is 7.62. The molecule has 112 valence electrons. The molecule has 3 heteroatoms. The molecule has 1 saturated heterocycles. The van der Waals surface area contributed by atoms with Gasteiger partial charge < -0.3 is 14.8 Å². The standard InChI is InChI=1S/C17H27NO2/c1-12(2)17-11-14(9-10-20-17)18-13(3)15-7-5-6-8-16(15)19-4/h5-8,12-14,17-18H,9-11H2,1-4H3/t13-,14?,17?/m1/s1. The molecule has 1 heterocycles. The zero-order valence-electron chi connectivity index (χ0n) is 13.1. The third kappa shape index (κ3) is 3.74. The first-order chi connectivity index (χ1) is 9.61. The molecule has 0 spiro atoms. The third-order valence-electron chi connectivity index (χ3n) is 4.15. The minimum Gasteiger partial charge on any atom is -0.496 e. The second kappa shape index (κ2) is 7.09. The predicted octanol–water partition coefficient (Wildman–Crippen LogP) is 3.55. The monoisotopic (exact) mass is 277 g/mol. The molecule has 0 aromatic heterocycles. The minimum absolute atomic E-state index is 0.294. The molecule has 1 fully saturated rings. The van der Waals surface area contributed by atoms with Gasteiger partial charge in [-0.3, -0.25) is 0 Å². The lowest BCUT2D eigenvalue weighted by molar-refractivity contribution is -0.0257. The van der Waals surface area contributed by atoms with Crippen molar-refractivity contribution in [1.29, 1.82) is 0 Å². The zero-order valence-corrected chi connectivity index (χ0v) is 13.1. The van der Waals surface area contributed by atoms with Crippen LogP contribution in [0.25, 0.3) is 0 Å². The molecule has 1 aliphatic heterocycles. The number of hydrogen-bond donors (Lipinski definition) is 1. The lowest BCUT2D eigenvalue weighted by atomic mass is 9.94. The summed E-state index contributed by atoms with van der Waals surface area (Å²) in [4.78, 5) is 0. The SMILES string of the molecule is COc1ccccc1[C@@H](C)NC1CCOC(C(C)C)C1. The van der Waals surface area contributed by atoms with E-state index in [1.54, 1.807) is 7.11 Å². The summed E-state index contributed by atoms with van der Waals surface area (Å²) in [6.07, 6.45) is 2.56. The van der Waals surface area contributed by atoms with Crippen LogP contribution in [0.2, 0.25) is 0 Å². The van der Waals surface area contributed by atoms with Crippen molar-refractivity contribution in [2.75, 3.05) is 13.7 Å². The smallest absolute Gasteiger partial charge is 0.123 e. The van der Waals surface area contributed by atoms with Crippen molar-refractivity contribution in [1.82, 2.24) is 5.32 Å². The Hall–Kier alpha value is -1.06. The van der Waals surface area contributed by atoms with Crippen molar-refractivity contribution in [3.63, 3.8) is 0 Å². The van der Waals surface area contributed by atoms with E-state index >= 15 is 0 Å². The van der Waals surface area contributed by atoms with Gasteiger partial charge in [0.1, 0.15) is 5.75 Å². The Bertz CT molecular complexity index is 419. The van der Waals surface area contributed by atoms with E-state index in [0.29, 0.717) is 24.1 Å². The molecule has 0 amide bonds. The summed E-state index contributed by atoms with van der Waals surface area (Å²) < 4.78 is 11.3. The quantitative estimate of drug-likeness (QED) is 0.893. The van der Waals surface area contributed by atoms with Crippen LogP contribution in [0.1, 0.15) is 45.2 Å². The highest BCUT2D eigenvalue weighted by Gasteiger charge is 2.26. The summed E-state index contributed by atoms with van der Waals surface area (Å²) in [5, 5.41) is 3.73. The molecule has 0 aliphatic carbocycles. The molecular formula is C17H27NO2. The summed E-state index contributed by atoms with van der Waals surface area (Å²) in [5.41, 5.74) is 1.22. The lowest BCUT2D eigenvalue weighted by Crippen LogP contribution is -2.41. The average Bonchev–Trinajstić information content (AvgIpc) is 2.47. The summed E-state index contributed by atoms with van der Waals surface area (Å²) in [5.74, 6) is 1.54. The Balaban J connectivity index is 1.98. The third-order valence-corrected chi connectivity index (χ3v) is 4.15. The van der Waals surface area contributed by atoms with Gasteiger partial charge in [-0.05, 0) is 31.7 Å². The highest BCUT2D eigenvalue weighted by molar-refractivity contribution is 5.35. The van der Waals surface area contributed by atoms with E-state index in [1.807, 2.05) is 12.1 Å². The molecule has 1 N–H and O–H groups in total. The summed E-state index contributed by atoms with van der Waals surface area (Å²) in [7, 11) is 1.73. The Morgan fingerprint density at radius 2 is 2.00 bits per heavy atom. The van der Waals surface area contributed by atoms with E-state index < -0.39 is 0 Å². The maximum absolute atomic E-state index is 5.84. The largest absolute Gasteiger partial charge is 0.496 e. The van der Waals surface area contributed by atoms with Crippen LogP contribution in [0, 0.1) is 5.92 Å². The van der Waals surface area contributed by atoms with Gasteiger partial charge >= 0.3 is 0 Å². The molecule has 0 bridgehead atoms. The second-order valence-electron chi connectivity index (χ2n) is 6.00. The minimum atomic E-state index is 0.294. The number of para-hydroxylation sites is 1. The number of ether oxygens (including phenoxy) is 2. The highest BCUT2D eigenvalue weighted by Crippen LogP contribution is 2.27. The van der Waals surface area contributed by atoms with Crippen LogP contribution in [0.15, 0.2) is 24.3 Å². The van der Waals surface area contributed by atoms with Crippen LogP contribution in [-0.2, 0) is 4.74 Å². The molecule has 1 aliphatic rings. The Morgan fingerprint density at radius 3 is 2.70 bits per heavy atom. The molecule has 20 heavy (non-hydrogen) atoms. The van der Waals surface area contributed by atoms with Crippen LogP contribution in [-0.4, -0.2) is 25.9 Å². The topological polar surface area (TPSA) is 30.5 Å². The van der Waals surface area contributed by atoms with Crippen molar-refractivity contribution in [2.24, 2.45) is 5.92 Å². The van der Waals surface area contributed by atoms with Crippen LogP contribution < -0.4 is 10.1 Å². The fraction of sp³-hybridized carbons (Fsp3) is 0.647. The van der Waals surface area contributed by atoms with E-state index in [2.05, 4.69) is 38.2 Å². The maximum Gasteiger partial charge on any atom is 0.123 e. The van der Waals surface area contributed by atoms with Crippen LogP contribution >= 0.6 is 0 Å². The van der Waals surface area contributed by atoms with Crippen molar-refractivity contribution >= 4 is 0 Å². The number of rotatable bonds is 5. The molecule has 0 radical (unpaired) electrons. The summed E-state index contributed by atoms with van der Waals surface area (Å²) in [6, 6.07) is 9.05. The summed E-state index contributed by atoms with van der Waals surface area (Å²) in [6.45, 7) is 7.53. The van der Waals surface area contributed by atoms with E-state index in [1.165, 1.54) is 5.56 Å². The first-order valence-corrected chi connectivity index (χ1v) is 7.62. The fourth-order valence-corrected chi connectivity index (χ4v) is 2.91. The average molecular weight is 277 g/mol. The van der Waals surface area contributed by atoms with Gasteiger partial charge in [0.2, 0.25) is 0 Å². The lowest BCUT2D eigenvalue weighted by Gasteiger charge is -2.34. The Labute approximate surface area is 122 Å².